The lowest BCUT2D eigenvalue weighted by molar-refractivity contribution is 0.267. The van der Waals surface area contributed by atoms with E-state index in [0.29, 0.717) is 34.7 Å². The minimum absolute atomic E-state index is 0.174. The van der Waals surface area contributed by atoms with E-state index in [1.807, 2.05) is 6.07 Å². The quantitative estimate of drug-likeness (QED) is 0.593. The number of nitrogen functional groups attached to an aromatic ring is 1. The lowest BCUT2D eigenvalue weighted by Crippen LogP contribution is -2.16. The fourth-order valence-electron chi connectivity index (χ4n) is 3.51. The predicted octanol–water partition coefficient (Wildman–Crippen LogP) is 1.92. The van der Waals surface area contributed by atoms with Crippen LogP contribution in [0.2, 0.25) is 0 Å². The summed E-state index contributed by atoms with van der Waals surface area (Å²) in [6.45, 7) is 2.06. The van der Waals surface area contributed by atoms with Crippen LogP contribution in [0.25, 0.3) is 16.6 Å². The standard InChI is InChI=1S/C18H16FN7O/c1-27-14-6-11(19)5-12-16(14)23-18(20)26-17(12)22-15(24-26)9-25-7-10-3-2-4-21-13(10)8-25/h2-6H,7-9H2,1H3,(H2,20,23). The minimum Gasteiger partial charge on any atom is -0.494 e. The van der Waals surface area contributed by atoms with Crippen LogP contribution in [0.5, 0.6) is 5.75 Å². The maximum atomic E-state index is 14.0. The van der Waals surface area contributed by atoms with Gasteiger partial charge in [0.25, 0.3) is 0 Å². The highest BCUT2D eigenvalue weighted by Gasteiger charge is 2.22. The van der Waals surface area contributed by atoms with Crippen LogP contribution in [0, 0.1) is 5.82 Å². The summed E-state index contributed by atoms with van der Waals surface area (Å²) in [5, 5.41) is 4.97. The zero-order chi connectivity index (χ0) is 18.5. The number of fused-ring (bicyclic) bond motifs is 4. The highest BCUT2D eigenvalue weighted by molar-refractivity contribution is 5.95. The molecule has 27 heavy (non-hydrogen) atoms. The SMILES string of the molecule is COc1cc(F)cc2c1nc(N)n1nc(CN3Cc4cccnc4C3)nc21. The molecule has 3 aromatic heterocycles. The molecule has 0 radical (unpaired) electrons. The summed E-state index contributed by atoms with van der Waals surface area (Å²) in [6.07, 6.45) is 1.80. The van der Waals surface area contributed by atoms with Gasteiger partial charge in [0.1, 0.15) is 17.1 Å². The smallest absolute Gasteiger partial charge is 0.223 e. The number of nitrogens with two attached hydrogens (primary N) is 1. The maximum Gasteiger partial charge on any atom is 0.223 e. The molecule has 5 rings (SSSR count). The Balaban J connectivity index is 1.56. The maximum absolute atomic E-state index is 14.0. The molecule has 2 N–H and O–H groups in total. The lowest BCUT2D eigenvalue weighted by Gasteiger charge is -2.10. The average molecular weight is 365 g/mol. The van der Waals surface area contributed by atoms with Crippen molar-refractivity contribution in [2.45, 2.75) is 19.6 Å². The predicted molar refractivity (Wildman–Crippen MR) is 96.4 cm³/mol. The van der Waals surface area contributed by atoms with Crippen molar-refractivity contribution in [1.82, 2.24) is 29.5 Å². The molecule has 0 bridgehead atoms. The number of hydrogen-bond acceptors (Lipinski definition) is 7. The highest BCUT2D eigenvalue weighted by Crippen LogP contribution is 2.29. The van der Waals surface area contributed by atoms with E-state index >= 15 is 0 Å². The third-order valence-electron chi connectivity index (χ3n) is 4.71. The van der Waals surface area contributed by atoms with E-state index in [2.05, 4.69) is 31.0 Å². The van der Waals surface area contributed by atoms with Crippen LogP contribution in [-0.2, 0) is 19.6 Å². The molecule has 0 fully saturated rings. The van der Waals surface area contributed by atoms with Gasteiger partial charge < -0.3 is 10.5 Å². The molecule has 0 unspecified atom stereocenters. The van der Waals surface area contributed by atoms with E-state index < -0.39 is 5.82 Å². The number of rotatable bonds is 3. The van der Waals surface area contributed by atoms with E-state index in [1.54, 1.807) is 6.20 Å². The van der Waals surface area contributed by atoms with Gasteiger partial charge in [-0.2, -0.15) is 4.52 Å². The first-order valence-corrected chi connectivity index (χ1v) is 8.46. The third-order valence-corrected chi connectivity index (χ3v) is 4.71. The Labute approximate surface area is 153 Å². The van der Waals surface area contributed by atoms with Gasteiger partial charge in [-0.3, -0.25) is 9.88 Å². The van der Waals surface area contributed by atoms with Crippen LogP contribution >= 0.6 is 0 Å². The van der Waals surface area contributed by atoms with Crippen LogP contribution in [0.4, 0.5) is 10.3 Å². The van der Waals surface area contributed by atoms with Gasteiger partial charge in [-0.15, -0.1) is 5.10 Å². The topological polar surface area (TPSA) is 94.5 Å². The highest BCUT2D eigenvalue weighted by atomic mass is 19.1. The van der Waals surface area contributed by atoms with Crippen molar-refractivity contribution in [3.8, 4) is 5.75 Å². The Kier molecular flexibility index (Phi) is 3.44. The molecule has 1 aliphatic rings. The molecule has 4 aromatic rings. The van der Waals surface area contributed by atoms with Gasteiger partial charge in [0.15, 0.2) is 11.5 Å². The van der Waals surface area contributed by atoms with E-state index in [9.17, 15) is 4.39 Å². The summed E-state index contributed by atoms with van der Waals surface area (Å²) < 4.78 is 20.7. The van der Waals surface area contributed by atoms with Crippen molar-refractivity contribution in [2.75, 3.05) is 12.8 Å². The fraction of sp³-hybridized carbons (Fsp3) is 0.222. The second-order valence-electron chi connectivity index (χ2n) is 6.49. The second-order valence-corrected chi connectivity index (χ2v) is 6.49. The number of halogens is 1. The normalized spacial score (nSPS) is 14.1. The van der Waals surface area contributed by atoms with Crippen LogP contribution in [0.3, 0.4) is 0 Å². The molecule has 0 aliphatic carbocycles. The number of pyridine rings is 1. The zero-order valence-corrected chi connectivity index (χ0v) is 14.6. The third kappa shape index (κ3) is 2.55. The molecule has 0 saturated carbocycles. The summed E-state index contributed by atoms with van der Waals surface area (Å²) in [5.41, 5.74) is 9.25. The summed E-state index contributed by atoms with van der Waals surface area (Å²) in [6, 6.07) is 6.65. The molecule has 9 heteroatoms. The Morgan fingerprint density at radius 3 is 2.96 bits per heavy atom. The van der Waals surface area contributed by atoms with E-state index in [4.69, 9.17) is 10.5 Å². The first kappa shape index (κ1) is 15.9. The van der Waals surface area contributed by atoms with Gasteiger partial charge in [-0.25, -0.2) is 14.4 Å². The van der Waals surface area contributed by atoms with Gasteiger partial charge in [0.05, 0.1) is 24.7 Å². The summed E-state index contributed by atoms with van der Waals surface area (Å²) in [4.78, 5) is 15.5. The average Bonchev–Trinajstić information content (AvgIpc) is 3.26. The number of hydrogen-bond donors (Lipinski definition) is 1. The number of aromatic nitrogens is 5. The number of methoxy groups -OCH3 is 1. The van der Waals surface area contributed by atoms with Crippen LogP contribution in [0.1, 0.15) is 17.1 Å². The Hall–Kier alpha value is -3.33. The molecule has 4 heterocycles. The van der Waals surface area contributed by atoms with Gasteiger partial charge in [0, 0.05) is 25.4 Å². The van der Waals surface area contributed by atoms with Crippen LogP contribution in [-0.4, -0.2) is 36.6 Å². The molecule has 1 aromatic carbocycles. The Bertz CT molecular complexity index is 1160. The number of benzene rings is 1. The van der Waals surface area contributed by atoms with Crippen LogP contribution in [0.15, 0.2) is 30.5 Å². The van der Waals surface area contributed by atoms with E-state index in [-0.39, 0.29) is 5.95 Å². The van der Waals surface area contributed by atoms with Crippen molar-refractivity contribution >= 4 is 22.5 Å². The number of nitrogens with zero attached hydrogens (tertiary/aromatic N) is 6. The minimum atomic E-state index is -0.432. The van der Waals surface area contributed by atoms with Gasteiger partial charge in [-0.05, 0) is 17.7 Å². The van der Waals surface area contributed by atoms with Gasteiger partial charge >= 0.3 is 0 Å². The molecule has 136 valence electrons. The molecule has 0 atom stereocenters. The first-order valence-electron chi connectivity index (χ1n) is 8.46. The molecule has 0 saturated heterocycles. The lowest BCUT2D eigenvalue weighted by atomic mass is 10.2. The molecule has 0 amide bonds. The van der Waals surface area contributed by atoms with Crippen molar-refractivity contribution in [1.29, 1.82) is 0 Å². The van der Waals surface area contributed by atoms with Crippen LogP contribution < -0.4 is 10.5 Å². The fourth-order valence-corrected chi connectivity index (χ4v) is 3.51. The Morgan fingerprint density at radius 1 is 1.26 bits per heavy atom. The molecule has 1 aliphatic heterocycles. The summed E-state index contributed by atoms with van der Waals surface area (Å²) >= 11 is 0. The molecular weight excluding hydrogens is 349 g/mol. The molecular formula is C18H16FN7O. The van der Waals surface area contributed by atoms with Crippen molar-refractivity contribution < 1.29 is 9.13 Å². The van der Waals surface area contributed by atoms with E-state index in [1.165, 1.54) is 29.3 Å². The molecule has 0 spiro atoms. The second kappa shape index (κ2) is 5.85. The van der Waals surface area contributed by atoms with Crippen molar-refractivity contribution in [3.63, 3.8) is 0 Å². The largest absolute Gasteiger partial charge is 0.494 e. The first-order chi connectivity index (χ1) is 13.1. The monoisotopic (exact) mass is 365 g/mol. The van der Waals surface area contributed by atoms with Crippen molar-refractivity contribution in [3.05, 3.63) is 53.4 Å². The van der Waals surface area contributed by atoms with E-state index in [0.717, 1.165) is 18.8 Å². The van der Waals surface area contributed by atoms with Crippen molar-refractivity contribution in [2.24, 2.45) is 0 Å². The molecule has 8 nitrogen and oxygen atoms in total. The number of anilines is 1. The zero-order valence-electron chi connectivity index (χ0n) is 14.6. The summed E-state index contributed by atoms with van der Waals surface area (Å²) in [7, 11) is 1.46. The summed E-state index contributed by atoms with van der Waals surface area (Å²) in [5.74, 6) is 0.642. The van der Waals surface area contributed by atoms with Gasteiger partial charge in [-0.1, -0.05) is 6.07 Å². The van der Waals surface area contributed by atoms with Gasteiger partial charge in [0.2, 0.25) is 5.95 Å². The Morgan fingerprint density at radius 2 is 2.15 bits per heavy atom. The number of ether oxygens (including phenoxy) is 1.